The molecule has 2 aromatic rings. The van der Waals surface area contributed by atoms with Gasteiger partial charge in [0.1, 0.15) is 11.4 Å². The summed E-state index contributed by atoms with van der Waals surface area (Å²) in [7, 11) is 0. The van der Waals surface area contributed by atoms with Crippen molar-refractivity contribution in [2.24, 2.45) is 5.73 Å². The van der Waals surface area contributed by atoms with Gasteiger partial charge in [0.05, 0.1) is 0 Å². The first-order valence-corrected chi connectivity index (χ1v) is 9.80. The van der Waals surface area contributed by atoms with Crippen LogP contribution < -0.4 is 5.73 Å². The van der Waals surface area contributed by atoms with Gasteiger partial charge in [0, 0.05) is 10.7 Å². The van der Waals surface area contributed by atoms with E-state index in [-0.39, 0.29) is 11.3 Å². The van der Waals surface area contributed by atoms with E-state index in [9.17, 15) is 14.7 Å². The maximum Gasteiger partial charge on any atom is 0.332 e. The molecule has 2 aliphatic rings. The van der Waals surface area contributed by atoms with Gasteiger partial charge in [0.15, 0.2) is 5.54 Å². The van der Waals surface area contributed by atoms with Crippen LogP contribution in [0.1, 0.15) is 30.9 Å². The van der Waals surface area contributed by atoms with Gasteiger partial charge >= 0.3 is 5.97 Å². The summed E-state index contributed by atoms with van der Waals surface area (Å²) in [5.41, 5.74) is 6.33. The molecule has 0 spiro atoms. The van der Waals surface area contributed by atoms with Gasteiger partial charge in [-0.05, 0) is 25.0 Å². The van der Waals surface area contributed by atoms with Crippen molar-refractivity contribution in [3.05, 3.63) is 71.8 Å². The molecule has 140 valence electrons. The molecular formula is C21H22N2O3S. The Kier molecular flexibility index (Phi) is 4.09. The highest BCUT2D eigenvalue weighted by Crippen LogP contribution is 2.62. The van der Waals surface area contributed by atoms with E-state index in [2.05, 4.69) is 0 Å². The zero-order valence-electron chi connectivity index (χ0n) is 15.2. The van der Waals surface area contributed by atoms with Gasteiger partial charge < -0.3 is 15.7 Å². The van der Waals surface area contributed by atoms with E-state index in [1.165, 1.54) is 16.7 Å². The van der Waals surface area contributed by atoms with Crippen LogP contribution in [0.25, 0.3) is 0 Å². The number of β-lactam (4-membered cyclic amide) rings is 1. The Bertz CT molecular complexity index is 847. The number of hydrogen-bond acceptors (Lipinski definition) is 4. The molecule has 2 fully saturated rings. The maximum absolute atomic E-state index is 12.9. The second-order valence-electron chi connectivity index (χ2n) is 7.58. The highest BCUT2D eigenvalue weighted by atomic mass is 32.2. The van der Waals surface area contributed by atoms with Crippen LogP contribution in [0.3, 0.4) is 0 Å². The molecule has 2 saturated heterocycles. The number of carboxylic acid groups (broad SMARTS) is 1. The molecule has 0 radical (unpaired) electrons. The first-order chi connectivity index (χ1) is 12.8. The molecule has 0 saturated carbocycles. The maximum atomic E-state index is 12.9. The SMILES string of the molecule is CC1(C)S[C@@H]2[C@H](N)C(=O)N2[C@]1(C(=O)O)C(c1ccccc1)c1ccccc1. The number of hydrogen-bond donors (Lipinski definition) is 2. The van der Waals surface area contributed by atoms with Crippen molar-refractivity contribution in [1.29, 1.82) is 0 Å². The largest absolute Gasteiger partial charge is 0.479 e. The lowest BCUT2D eigenvalue weighted by molar-refractivity contribution is -0.171. The lowest BCUT2D eigenvalue weighted by Gasteiger charge is -2.52. The number of fused-ring (bicyclic) bond motifs is 1. The minimum atomic E-state index is -1.43. The zero-order chi connectivity index (χ0) is 19.4. The molecule has 0 aliphatic carbocycles. The van der Waals surface area contributed by atoms with E-state index in [0.29, 0.717) is 0 Å². The van der Waals surface area contributed by atoms with Gasteiger partial charge in [0.2, 0.25) is 5.91 Å². The number of nitrogens with zero attached hydrogens (tertiary/aromatic N) is 1. The van der Waals surface area contributed by atoms with Crippen molar-refractivity contribution in [2.75, 3.05) is 0 Å². The molecule has 3 N–H and O–H groups in total. The first kappa shape index (κ1) is 18.1. The fraction of sp³-hybridized carbons (Fsp3) is 0.333. The third kappa shape index (κ3) is 2.29. The third-order valence-corrected chi connectivity index (χ3v) is 7.45. The van der Waals surface area contributed by atoms with Crippen molar-refractivity contribution in [3.63, 3.8) is 0 Å². The number of carbonyl (C=O) groups is 2. The zero-order valence-corrected chi connectivity index (χ0v) is 16.0. The summed E-state index contributed by atoms with van der Waals surface area (Å²) in [5, 5.41) is 10.2. The van der Waals surface area contributed by atoms with E-state index in [4.69, 9.17) is 5.73 Å². The summed E-state index contributed by atoms with van der Waals surface area (Å²) < 4.78 is -0.733. The number of thioether (sulfide) groups is 1. The predicted octanol–water partition coefficient (Wildman–Crippen LogP) is 2.66. The molecule has 0 unspecified atom stereocenters. The van der Waals surface area contributed by atoms with Gasteiger partial charge in [0.25, 0.3) is 0 Å². The summed E-state index contributed by atoms with van der Waals surface area (Å²) in [6, 6.07) is 18.5. The van der Waals surface area contributed by atoms with Gasteiger partial charge in [-0.1, -0.05) is 60.7 Å². The van der Waals surface area contributed by atoms with Crippen molar-refractivity contribution in [2.45, 2.75) is 41.5 Å². The fourth-order valence-electron chi connectivity index (χ4n) is 4.61. The van der Waals surface area contributed by atoms with Gasteiger partial charge in [-0.15, -0.1) is 11.8 Å². The number of rotatable bonds is 4. The molecular weight excluding hydrogens is 360 g/mol. The molecule has 4 rings (SSSR count). The molecule has 27 heavy (non-hydrogen) atoms. The lowest BCUT2D eigenvalue weighted by Crippen LogP contribution is -2.76. The van der Waals surface area contributed by atoms with E-state index >= 15 is 0 Å². The van der Waals surface area contributed by atoms with Crippen LogP contribution in [-0.2, 0) is 9.59 Å². The topological polar surface area (TPSA) is 83.6 Å². The third-order valence-electron chi connectivity index (χ3n) is 5.81. The smallest absolute Gasteiger partial charge is 0.332 e. The fourth-order valence-corrected chi connectivity index (χ4v) is 6.33. The Labute approximate surface area is 162 Å². The second-order valence-corrected chi connectivity index (χ2v) is 9.32. The summed E-state index contributed by atoms with van der Waals surface area (Å²) in [6.07, 6.45) is 0. The number of amides is 1. The van der Waals surface area contributed by atoms with Gasteiger partial charge in [-0.3, -0.25) is 4.79 Å². The minimum Gasteiger partial charge on any atom is -0.479 e. The molecule has 1 amide bonds. The Balaban J connectivity index is 2.01. The van der Waals surface area contributed by atoms with Gasteiger partial charge in [-0.25, -0.2) is 4.79 Å². The molecule has 2 aromatic carbocycles. The second kappa shape index (κ2) is 6.11. The number of aliphatic carboxylic acids is 1. The van der Waals surface area contributed by atoms with Crippen LogP contribution in [0, 0.1) is 0 Å². The standard InChI is InChI=1S/C21H22N2O3S/c1-20(2)21(19(25)26,23-17(24)16(22)18(23)27-20)15(13-9-5-3-6-10-13)14-11-7-4-8-12-14/h3-12,15-16,18H,22H2,1-2H3,(H,25,26)/t16-,18-,21+/m1/s1. The normalized spacial score (nSPS) is 28.7. The van der Waals surface area contributed by atoms with E-state index in [0.717, 1.165) is 11.1 Å². The Morgan fingerprint density at radius 2 is 1.56 bits per heavy atom. The minimum absolute atomic E-state index is 0.294. The average molecular weight is 382 g/mol. The molecule has 6 heteroatoms. The molecule has 3 atom stereocenters. The lowest BCUT2D eigenvalue weighted by atomic mass is 9.66. The van der Waals surface area contributed by atoms with Crippen molar-refractivity contribution >= 4 is 23.6 Å². The molecule has 0 aromatic heterocycles. The van der Waals surface area contributed by atoms with Crippen LogP contribution in [0.5, 0.6) is 0 Å². The Morgan fingerprint density at radius 1 is 1.07 bits per heavy atom. The number of carboxylic acids is 1. The van der Waals surface area contributed by atoms with Crippen LogP contribution in [0.15, 0.2) is 60.7 Å². The van der Waals surface area contributed by atoms with Crippen LogP contribution in [0.4, 0.5) is 0 Å². The number of carbonyl (C=O) groups excluding carboxylic acids is 1. The monoisotopic (exact) mass is 382 g/mol. The highest BCUT2D eigenvalue weighted by molar-refractivity contribution is 8.01. The summed E-state index contributed by atoms with van der Waals surface area (Å²) >= 11 is 1.48. The van der Waals surface area contributed by atoms with Gasteiger partial charge in [-0.2, -0.15) is 0 Å². The summed E-state index contributed by atoms with van der Waals surface area (Å²) in [5.74, 6) is -1.81. The van der Waals surface area contributed by atoms with E-state index < -0.39 is 28.2 Å². The Hall–Kier alpha value is -2.31. The molecule has 2 heterocycles. The number of benzene rings is 2. The molecule has 5 nitrogen and oxygen atoms in total. The number of nitrogens with two attached hydrogens (primary N) is 1. The van der Waals surface area contributed by atoms with E-state index in [1.54, 1.807) is 0 Å². The van der Waals surface area contributed by atoms with E-state index in [1.807, 2.05) is 74.5 Å². The first-order valence-electron chi connectivity index (χ1n) is 8.92. The summed E-state index contributed by atoms with van der Waals surface area (Å²) in [4.78, 5) is 27.2. The van der Waals surface area contributed by atoms with Crippen LogP contribution in [0.2, 0.25) is 0 Å². The molecule has 2 aliphatic heterocycles. The molecule has 0 bridgehead atoms. The average Bonchev–Trinajstić information content (AvgIpc) is 2.89. The van der Waals surface area contributed by atoms with Crippen LogP contribution in [-0.4, -0.2) is 43.6 Å². The van der Waals surface area contributed by atoms with Crippen LogP contribution >= 0.6 is 11.8 Å². The summed E-state index contributed by atoms with van der Waals surface area (Å²) in [6.45, 7) is 3.81. The highest BCUT2D eigenvalue weighted by Gasteiger charge is 2.74. The van der Waals surface area contributed by atoms with Crippen molar-refractivity contribution < 1.29 is 14.7 Å². The predicted molar refractivity (Wildman–Crippen MR) is 105 cm³/mol. The van der Waals surface area contributed by atoms with Crippen molar-refractivity contribution in [3.8, 4) is 0 Å². The Morgan fingerprint density at radius 3 is 2.00 bits per heavy atom. The van der Waals surface area contributed by atoms with Crippen molar-refractivity contribution in [1.82, 2.24) is 4.90 Å². The quantitative estimate of drug-likeness (QED) is 0.795.